The van der Waals surface area contributed by atoms with Crippen LogP contribution < -0.4 is 28.4 Å². The lowest BCUT2D eigenvalue weighted by Crippen LogP contribution is -2.30. The van der Waals surface area contributed by atoms with Crippen molar-refractivity contribution in [2.45, 2.75) is 57.8 Å². The van der Waals surface area contributed by atoms with Gasteiger partial charge in [0.1, 0.15) is 27.8 Å². The molecule has 1 heterocycles. The lowest BCUT2D eigenvalue weighted by Gasteiger charge is -2.26. The number of rotatable bonds is 24. The minimum Gasteiger partial charge on any atom is -0.465 e. The zero-order valence-corrected chi connectivity index (χ0v) is 42.2. The van der Waals surface area contributed by atoms with E-state index in [1.165, 1.54) is 41.7 Å². The number of hydrogen-bond acceptors (Lipinski definition) is 21. The zero-order chi connectivity index (χ0) is 54.8. The second kappa shape index (κ2) is 27.0. The van der Waals surface area contributed by atoms with Crippen molar-refractivity contribution in [1.29, 1.82) is 0 Å². The van der Waals surface area contributed by atoms with Crippen LogP contribution in [0, 0.1) is 33.8 Å². The molecule has 0 unspecified atom stereocenters. The van der Waals surface area contributed by atoms with Gasteiger partial charge in [-0.25, -0.2) is 19.4 Å². The Morgan fingerprint density at radius 2 is 1.01 bits per heavy atom. The summed E-state index contributed by atoms with van der Waals surface area (Å²) in [6, 6.07) is 19.7. The zero-order valence-electron chi connectivity index (χ0n) is 41.4. The van der Waals surface area contributed by atoms with E-state index >= 15 is 0 Å². The Labute approximate surface area is 444 Å². The molecule has 21 nitrogen and oxygen atoms in total. The maximum Gasteiger partial charge on any atom is 0.333 e. The Bertz CT molecular complexity index is 3010. The van der Waals surface area contributed by atoms with Gasteiger partial charge in [0.25, 0.3) is 5.69 Å². The molecule has 402 valence electrons. The SMILES string of the molecule is C=CC(=O)OCOc1ccc(OC(=O)C2CCC(C(=O)OCCc3ccc(OC(=O)C4CCC(C(=O)Oc5ccc(OCOC(=O)C=C)c(OCOC(=O)C=C)c5)CC4)c4nc(-c5ccc([N+](=O)[O-])cc5)sc34)CC2)cc1. The summed E-state index contributed by atoms with van der Waals surface area (Å²) < 4.78 is 54.5. The number of fused-ring (bicyclic) bond motifs is 1. The minimum atomic E-state index is -0.746. The van der Waals surface area contributed by atoms with Gasteiger partial charge in [0.05, 0.1) is 39.9 Å². The number of aromatic nitrogens is 1. The van der Waals surface area contributed by atoms with E-state index in [0.717, 1.165) is 23.8 Å². The van der Waals surface area contributed by atoms with Crippen LogP contribution in [0.1, 0.15) is 56.9 Å². The third kappa shape index (κ3) is 15.6. The van der Waals surface area contributed by atoms with Crippen molar-refractivity contribution in [1.82, 2.24) is 4.98 Å². The van der Waals surface area contributed by atoms with Crippen LogP contribution in [0.4, 0.5) is 5.69 Å². The highest BCUT2D eigenvalue weighted by Crippen LogP contribution is 2.40. The van der Waals surface area contributed by atoms with Crippen molar-refractivity contribution in [3.05, 3.63) is 133 Å². The molecule has 0 bridgehead atoms. The highest BCUT2D eigenvalue weighted by Gasteiger charge is 2.34. The van der Waals surface area contributed by atoms with Crippen LogP contribution in [0.5, 0.6) is 34.5 Å². The van der Waals surface area contributed by atoms with Gasteiger partial charge in [0.2, 0.25) is 20.4 Å². The summed E-state index contributed by atoms with van der Waals surface area (Å²) in [7, 11) is 0. The number of hydrogen-bond donors (Lipinski definition) is 0. The average Bonchev–Trinajstić information content (AvgIpc) is 3.95. The van der Waals surface area contributed by atoms with Gasteiger partial charge < -0.3 is 47.4 Å². The molecule has 0 N–H and O–H groups in total. The predicted octanol–water partition coefficient (Wildman–Crippen LogP) is 8.88. The second-order valence-corrected chi connectivity index (χ2v) is 18.4. The van der Waals surface area contributed by atoms with E-state index in [9.17, 15) is 43.7 Å². The summed E-state index contributed by atoms with van der Waals surface area (Å²) in [6.07, 6.45) is 6.17. The van der Waals surface area contributed by atoms with Crippen molar-refractivity contribution in [2.24, 2.45) is 23.7 Å². The fraction of sp³-hybridized carbons (Fsp3) is 0.309. The summed E-state index contributed by atoms with van der Waals surface area (Å²) in [5, 5.41) is 11.9. The van der Waals surface area contributed by atoms with Crippen LogP contribution in [-0.2, 0) is 58.9 Å². The fourth-order valence-electron chi connectivity index (χ4n) is 8.29. The standard InChI is InChI=1S/C55H52N2O19S/c1-4-46(58)71-30-68-40-20-22-41(23-21-40)74-53(62)36-9-7-35(8-10-36)52(61)67-28-27-33-17-25-44(49-50(33)77-51(56-49)34-15-18-39(19-16-34)57(65)66)76-55(64)38-13-11-37(12-14-38)54(63)75-42-24-26-43(69-31-72-47(59)5-2)45(29-42)70-32-73-48(60)6-3/h4-6,15-26,29,35-38H,1-3,7-14,27-28,30-32H2. The van der Waals surface area contributed by atoms with Crippen LogP contribution in [0.2, 0.25) is 0 Å². The molecule has 0 atom stereocenters. The van der Waals surface area contributed by atoms with Gasteiger partial charge in [-0.2, -0.15) is 0 Å². The fourth-order valence-corrected chi connectivity index (χ4v) is 9.41. The molecule has 0 spiro atoms. The largest absolute Gasteiger partial charge is 0.465 e. The molecule has 0 radical (unpaired) electrons. The van der Waals surface area contributed by atoms with Gasteiger partial charge in [0.15, 0.2) is 17.2 Å². The van der Waals surface area contributed by atoms with E-state index in [0.29, 0.717) is 83.7 Å². The number of non-ortho nitro benzene ring substituents is 1. The second-order valence-electron chi connectivity index (χ2n) is 17.4. The number of ether oxygens (including phenoxy) is 10. The number of nitrogens with zero attached hydrogens (tertiary/aromatic N) is 2. The molecule has 2 aliphatic rings. The molecule has 7 rings (SSSR count). The van der Waals surface area contributed by atoms with Gasteiger partial charge in [-0.3, -0.25) is 29.3 Å². The van der Waals surface area contributed by atoms with E-state index in [-0.39, 0.29) is 54.5 Å². The van der Waals surface area contributed by atoms with Crippen molar-refractivity contribution >= 4 is 69.0 Å². The van der Waals surface area contributed by atoms with Gasteiger partial charge in [-0.15, -0.1) is 11.3 Å². The molecule has 22 heteroatoms. The molecular weight excluding hydrogens is 1020 g/mol. The van der Waals surface area contributed by atoms with Gasteiger partial charge >= 0.3 is 41.8 Å². The van der Waals surface area contributed by atoms with Crippen molar-refractivity contribution < 1.29 is 85.9 Å². The number of thiazole rings is 1. The predicted molar refractivity (Wildman–Crippen MR) is 272 cm³/mol. The van der Waals surface area contributed by atoms with Crippen LogP contribution in [-0.4, -0.2) is 78.7 Å². The third-order valence-electron chi connectivity index (χ3n) is 12.5. The quantitative estimate of drug-likeness (QED) is 0.0106. The number of esters is 7. The third-order valence-corrected chi connectivity index (χ3v) is 13.6. The van der Waals surface area contributed by atoms with E-state index in [1.54, 1.807) is 48.5 Å². The Morgan fingerprint density at radius 1 is 0.545 bits per heavy atom. The van der Waals surface area contributed by atoms with E-state index in [4.69, 9.17) is 52.4 Å². The van der Waals surface area contributed by atoms with E-state index in [2.05, 4.69) is 19.7 Å². The molecule has 77 heavy (non-hydrogen) atoms. The minimum absolute atomic E-state index is 0.00844. The Kier molecular flexibility index (Phi) is 19.6. The number of benzene rings is 4. The lowest BCUT2D eigenvalue weighted by molar-refractivity contribution is -0.384. The first kappa shape index (κ1) is 55.8. The van der Waals surface area contributed by atoms with E-state index in [1.807, 2.05) is 0 Å². The first-order valence-corrected chi connectivity index (χ1v) is 25.0. The number of carbonyl (C=O) groups excluding carboxylic acids is 7. The molecule has 5 aromatic rings. The van der Waals surface area contributed by atoms with Crippen molar-refractivity contribution in [2.75, 3.05) is 27.0 Å². The number of nitro groups is 1. The highest BCUT2D eigenvalue weighted by molar-refractivity contribution is 7.21. The van der Waals surface area contributed by atoms with Crippen LogP contribution >= 0.6 is 11.3 Å². The Morgan fingerprint density at radius 3 is 1.56 bits per heavy atom. The molecular formula is C55H52N2O19S. The number of nitro benzene ring substituents is 1. The summed E-state index contributed by atoms with van der Waals surface area (Å²) in [5.74, 6) is -4.84. The topological polar surface area (TPSA) is 268 Å². The molecule has 4 aromatic carbocycles. The maximum absolute atomic E-state index is 13.8. The molecule has 0 saturated heterocycles. The van der Waals surface area contributed by atoms with Crippen LogP contribution in [0.15, 0.2) is 117 Å². The lowest BCUT2D eigenvalue weighted by atomic mass is 9.82. The van der Waals surface area contributed by atoms with Crippen molar-refractivity contribution in [3.8, 4) is 45.1 Å². The van der Waals surface area contributed by atoms with Gasteiger partial charge in [0, 0.05) is 48.4 Å². The maximum atomic E-state index is 13.8. The summed E-state index contributed by atoms with van der Waals surface area (Å²) in [4.78, 5) is 103. The average molecular weight is 1080 g/mol. The summed E-state index contributed by atoms with van der Waals surface area (Å²) >= 11 is 1.29. The first-order chi connectivity index (χ1) is 37.2. The number of carbonyl (C=O) groups is 7. The smallest absolute Gasteiger partial charge is 0.333 e. The molecule has 0 amide bonds. The van der Waals surface area contributed by atoms with Gasteiger partial charge in [-0.05, 0) is 112 Å². The van der Waals surface area contributed by atoms with E-state index < -0.39 is 78.0 Å². The molecule has 2 saturated carbocycles. The molecule has 2 aliphatic carbocycles. The Balaban J connectivity index is 0.931. The summed E-state index contributed by atoms with van der Waals surface area (Å²) in [6.45, 7) is 8.65. The highest BCUT2D eigenvalue weighted by atomic mass is 32.1. The molecule has 2 fully saturated rings. The Hall–Kier alpha value is -8.92. The normalized spacial score (nSPS) is 16.8. The summed E-state index contributed by atoms with van der Waals surface area (Å²) in [5.41, 5.74) is 1.62. The molecule has 0 aliphatic heterocycles. The monoisotopic (exact) mass is 1080 g/mol. The van der Waals surface area contributed by atoms with Gasteiger partial charge in [-0.1, -0.05) is 25.8 Å². The molecule has 1 aromatic heterocycles. The van der Waals surface area contributed by atoms with Crippen LogP contribution in [0.3, 0.4) is 0 Å². The van der Waals surface area contributed by atoms with Crippen molar-refractivity contribution in [3.63, 3.8) is 0 Å². The first-order valence-electron chi connectivity index (χ1n) is 24.2. The van der Waals surface area contributed by atoms with Crippen LogP contribution in [0.25, 0.3) is 20.8 Å².